The van der Waals surface area contributed by atoms with E-state index in [9.17, 15) is 4.79 Å². The van der Waals surface area contributed by atoms with Gasteiger partial charge >= 0.3 is 0 Å². The summed E-state index contributed by atoms with van der Waals surface area (Å²) in [7, 11) is 1.85. The summed E-state index contributed by atoms with van der Waals surface area (Å²) in [6.07, 6.45) is 5.20. The zero-order valence-electron chi connectivity index (χ0n) is 10.6. The number of amides is 1. The molecule has 1 amide bonds. The number of hydrogen-bond acceptors (Lipinski definition) is 3. The highest BCUT2D eigenvalue weighted by atomic mass is 16.5. The summed E-state index contributed by atoms with van der Waals surface area (Å²) >= 11 is 0. The molecule has 2 aliphatic rings. The van der Waals surface area contributed by atoms with E-state index in [2.05, 4.69) is 11.9 Å². The molecular formula is C13H22N2O2. The first-order chi connectivity index (χ1) is 8.22. The third-order valence-electron chi connectivity index (χ3n) is 3.66. The molecule has 0 radical (unpaired) electrons. The molecular weight excluding hydrogens is 216 g/mol. The van der Waals surface area contributed by atoms with E-state index in [0.29, 0.717) is 6.54 Å². The molecule has 1 N–H and O–H groups in total. The van der Waals surface area contributed by atoms with Crippen LogP contribution in [0.5, 0.6) is 0 Å². The molecule has 0 bridgehead atoms. The Balaban J connectivity index is 2.03. The fourth-order valence-corrected chi connectivity index (χ4v) is 2.59. The third kappa shape index (κ3) is 2.87. The van der Waals surface area contributed by atoms with E-state index in [-0.39, 0.29) is 18.1 Å². The topological polar surface area (TPSA) is 41.6 Å². The molecule has 2 aliphatic heterocycles. The van der Waals surface area contributed by atoms with Crippen LogP contribution >= 0.6 is 0 Å². The van der Waals surface area contributed by atoms with Crippen LogP contribution in [0, 0.1) is 0 Å². The smallest absolute Gasteiger partial charge is 0.243 e. The molecule has 2 saturated heterocycles. The average molecular weight is 238 g/mol. The first-order valence-corrected chi connectivity index (χ1v) is 6.50. The molecule has 17 heavy (non-hydrogen) atoms. The van der Waals surface area contributed by atoms with Crippen LogP contribution in [-0.2, 0) is 9.53 Å². The van der Waals surface area contributed by atoms with E-state index in [0.717, 1.165) is 44.4 Å². The fourth-order valence-electron chi connectivity index (χ4n) is 2.59. The summed E-state index contributed by atoms with van der Waals surface area (Å²) < 4.78 is 5.61. The van der Waals surface area contributed by atoms with Crippen molar-refractivity contribution in [1.29, 1.82) is 0 Å². The number of likely N-dealkylation sites (N-methyl/N-ethyl adjacent to an activating group) is 1. The maximum atomic E-state index is 12.3. The standard InChI is InChI=1S/C13H22N2O2/c1-10-5-3-7-12(14-2)13(16)15(10)9-11-6-4-8-17-11/h11-12,14H,1,3-9H2,2H3. The molecule has 0 aromatic rings. The Morgan fingerprint density at radius 1 is 1.47 bits per heavy atom. The van der Waals surface area contributed by atoms with Crippen LogP contribution in [0.15, 0.2) is 12.3 Å². The Morgan fingerprint density at radius 3 is 2.94 bits per heavy atom. The lowest BCUT2D eigenvalue weighted by atomic mass is 10.1. The van der Waals surface area contributed by atoms with Gasteiger partial charge in [-0.1, -0.05) is 6.58 Å². The van der Waals surface area contributed by atoms with Gasteiger partial charge in [0.2, 0.25) is 5.91 Å². The molecule has 4 heteroatoms. The number of rotatable bonds is 3. The zero-order chi connectivity index (χ0) is 12.3. The summed E-state index contributed by atoms with van der Waals surface area (Å²) in [5.74, 6) is 0.158. The lowest BCUT2D eigenvalue weighted by molar-refractivity contribution is -0.132. The van der Waals surface area contributed by atoms with Gasteiger partial charge in [0.05, 0.1) is 18.7 Å². The highest BCUT2D eigenvalue weighted by Crippen LogP contribution is 2.23. The van der Waals surface area contributed by atoms with Gasteiger partial charge < -0.3 is 15.0 Å². The van der Waals surface area contributed by atoms with E-state index in [1.165, 1.54) is 0 Å². The summed E-state index contributed by atoms with van der Waals surface area (Å²) in [4.78, 5) is 14.2. The van der Waals surface area contributed by atoms with Gasteiger partial charge in [-0.2, -0.15) is 0 Å². The Morgan fingerprint density at radius 2 is 2.29 bits per heavy atom. The van der Waals surface area contributed by atoms with Crippen molar-refractivity contribution < 1.29 is 9.53 Å². The molecule has 2 unspecified atom stereocenters. The Bertz CT molecular complexity index is 298. The second-order valence-electron chi connectivity index (χ2n) is 4.88. The molecule has 0 saturated carbocycles. The monoisotopic (exact) mass is 238 g/mol. The van der Waals surface area contributed by atoms with Gasteiger partial charge in [-0.3, -0.25) is 4.79 Å². The quantitative estimate of drug-likeness (QED) is 0.805. The molecule has 0 aromatic carbocycles. The van der Waals surface area contributed by atoms with Gasteiger partial charge in [-0.05, 0) is 39.2 Å². The number of nitrogens with zero attached hydrogens (tertiary/aromatic N) is 1. The Labute approximate surface area is 103 Å². The summed E-state index contributed by atoms with van der Waals surface area (Å²) in [5, 5.41) is 3.10. The van der Waals surface area contributed by atoms with E-state index in [1.807, 2.05) is 11.9 Å². The van der Waals surface area contributed by atoms with E-state index in [4.69, 9.17) is 4.74 Å². The Hall–Kier alpha value is -0.870. The number of nitrogens with one attached hydrogen (secondary N) is 1. The van der Waals surface area contributed by atoms with Crippen molar-refractivity contribution in [3.63, 3.8) is 0 Å². The van der Waals surface area contributed by atoms with Crippen molar-refractivity contribution in [2.24, 2.45) is 0 Å². The number of likely N-dealkylation sites (tertiary alicyclic amines) is 1. The summed E-state index contributed by atoms with van der Waals surface area (Å²) in [5.41, 5.74) is 0.947. The summed E-state index contributed by atoms with van der Waals surface area (Å²) in [6.45, 7) is 5.54. The fraction of sp³-hybridized carbons (Fsp3) is 0.769. The number of carbonyl (C=O) groups is 1. The predicted molar refractivity (Wildman–Crippen MR) is 66.5 cm³/mol. The molecule has 2 rings (SSSR count). The normalized spacial score (nSPS) is 30.8. The molecule has 0 aromatic heterocycles. The van der Waals surface area contributed by atoms with Crippen molar-refractivity contribution in [1.82, 2.24) is 10.2 Å². The minimum absolute atomic E-state index is 0.0596. The van der Waals surface area contributed by atoms with Crippen molar-refractivity contribution in [3.05, 3.63) is 12.3 Å². The summed E-state index contributed by atoms with van der Waals surface area (Å²) in [6, 6.07) is -0.0596. The van der Waals surface area contributed by atoms with Gasteiger partial charge in [0.15, 0.2) is 0 Å². The van der Waals surface area contributed by atoms with Crippen LogP contribution < -0.4 is 5.32 Å². The number of carbonyl (C=O) groups excluding carboxylic acids is 1. The Kier molecular flexibility index (Phi) is 4.18. The van der Waals surface area contributed by atoms with E-state index in [1.54, 1.807) is 0 Å². The second-order valence-corrected chi connectivity index (χ2v) is 4.88. The second kappa shape index (κ2) is 5.65. The van der Waals surface area contributed by atoms with Crippen LogP contribution in [0.3, 0.4) is 0 Å². The molecule has 2 heterocycles. The van der Waals surface area contributed by atoms with Crippen molar-refractivity contribution >= 4 is 5.91 Å². The van der Waals surface area contributed by atoms with Gasteiger partial charge in [-0.25, -0.2) is 0 Å². The molecule has 2 atom stereocenters. The predicted octanol–water partition coefficient (Wildman–Crippen LogP) is 1.28. The molecule has 0 spiro atoms. The minimum atomic E-state index is -0.0596. The lowest BCUT2D eigenvalue weighted by Crippen LogP contribution is -2.45. The maximum Gasteiger partial charge on any atom is 0.243 e. The van der Waals surface area contributed by atoms with Crippen molar-refractivity contribution in [3.8, 4) is 0 Å². The van der Waals surface area contributed by atoms with Gasteiger partial charge in [0.1, 0.15) is 0 Å². The minimum Gasteiger partial charge on any atom is -0.376 e. The van der Waals surface area contributed by atoms with Crippen LogP contribution in [0.2, 0.25) is 0 Å². The largest absolute Gasteiger partial charge is 0.376 e. The first-order valence-electron chi connectivity index (χ1n) is 6.50. The van der Waals surface area contributed by atoms with E-state index >= 15 is 0 Å². The molecule has 96 valence electrons. The number of allylic oxidation sites excluding steroid dienone is 1. The van der Waals surface area contributed by atoms with Gasteiger partial charge in [0.25, 0.3) is 0 Å². The van der Waals surface area contributed by atoms with E-state index < -0.39 is 0 Å². The number of ether oxygens (including phenoxy) is 1. The average Bonchev–Trinajstić information content (AvgIpc) is 2.79. The SMILES string of the molecule is C=C1CCCC(NC)C(=O)N1CC1CCCO1. The maximum absolute atomic E-state index is 12.3. The third-order valence-corrected chi connectivity index (χ3v) is 3.66. The lowest BCUT2D eigenvalue weighted by Gasteiger charge is -2.27. The van der Waals surface area contributed by atoms with Crippen LogP contribution in [0.25, 0.3) is 0 Å². The van der Waals surface area contributed by atoms with Gasteiger partial charge in [-0.15, -0.1) is 0 Å². The molecule has 0 aliphatic carbocycles. The van der Waals surface area contributed by atoms with Crippen LogP contribution in [-0.4, -0.2) is 43.2 Å². The first kappa shape index (κ1) is 12.6. The van der Waals surface area contributed by atoms with Gasteiger partial charge in [0, 0.05) is 12.3 Å². The van der Waals surface area contributed by atoms with Crippen molar-refractivity contribution in [2.45, 2.75) is 44.2 Å². The van der Waals surface area contributed by atoms with Crippen LogP contribution in [0.4, 0.5) is 0 Å². The molecule has 4 nitrogen and oxygen atoms in total. The molecule has 2 fully saturated rings. The van der Waals surface area contributed by atoms with Crippen molar-refractivity contribution in [2.75, 3.05) is 20.2 Å². The van der Waals surface area contributed by atoms with Crippen LogP contribution in [0.1, 0.15) is 32.1 Å². The highest BCUT2D eigenvalue weighted by Gasteiger charge is 2.30. The zero-order valence-corrected chi connectivity index (χ0v) is 10.6. The number of hydrogen-bond donors (Lipinski definition) is 1. The highest BCUT2D eigenvalue weighted by molar-refractivity contribution is 5.83.